The molecular formula is C7H13NO3S. The molecule has 0 rings (SSSR count). The molecule has 0 aromatic rings. The van der Waals surface area contributed by atoms with E-state index >= 15 is 0 Å². The van der Waals surface area contributed by atoms with Crippen molar-refractivity contribution >= 4 is 10.1 Å². The average Bonchev–Trinajstić information content (AvgIpc) is 1.82. The van der Waals surface area contributed by atoms with Crippen LogP contribution in [-0.2, 0) is 14.3 Å². The predicted octanol–water partition coefficient (Wildman–Crippen LogP) is 0.901. The van der Waals surface area contributed by atoms with Crippen LogP contribution in [0.2, 0.25) is 0 Å². The van der Waals surface area contributed by atoms with Crippen LogP contribution in [0.1, 0.15) is 20.3 Å². The van der Waals surface area contributed by atoms with Gasteiger partial charge in [0, 0.05) is 0 Å². The van der Waals surface area contributed by atoms with E-state index in [4.69, 9.17) is 5.26 Å². The highest BCUT2D eigenvalue weighted by molar-refractivity contribution is 7.86. The molecule has 0 N–H and O–H groups in total. The lowest BCUT2D eigenvalue weighted by Gasteiger charge is -2.10. The van der Waals surface area contributed by atoms with Crippen molar-refractivity contribution in [3.63, 3.8) is 0 Å². The highest BCUT2D eigenvalue weighted by atomic mass is 32.2. The zero-order valence-electron chi connectivity index (χ0n) is 7.44. The molecule has 12 heavy (non-hydrogen) atoms. The Morgan fingerprint density at radius 3 is 2.25 bits per heavy atom. The van der Waals surface area contributed by atoms with Gasteiger partial charge in [-0.1, -0.05) is 13.8 Å². The molecule has 0 saturated heterocycles. The summed E-state index contributed by atoms with van der Waals surface area (Å²) in [6.07, 6.45) is 0.529. The van der Waals surface area contributed by atoms with Crippen molar-refractivity contribution < 1.29 is 12.6 Å². The maximum Gasteiger partial charge on any atom is 0.265 e. The number of rotatable bonds is 4. The molecule has 0 aliphatic rings. The lowest BCUT2D eigenvalue weighted by molar-refractivity contribution is 0.235. The van der Waals surface area contributed by atoms with Gasteiger partial charge in [-0.2, -0.15) is 13.7 Å². The van der Waals surface area contributed by atoms with Crippen LogP contribution in [0, 0.1) is 17.2 Å². The maximum absolute atomic E-state index is 10.6. The Bertz CT molecular complexity index is 263. The topological polar surface area (TPSA) is 67.2 Å². The molecule has 0 radical (unpaired) electrons. The van der Waals surface area contributed by atoms with E-state index in [1.807, 2.05) is 13.8 Å². The number of hydrogen-bond acceptors (Lipinski definition) is 4. The van der Waals surface area contributed by atoms with Crippen LogP contribution < -0.4 is 0 Å². The Morgan fingerprint density at radius 2 is 2.00 bits per heavy atom. The van der Waals surface area contributed by atoms with Crippen LogP contribution >= 0.6 is 0 Å². The second-order valence-corrected chi connectivity index (χ2v) is 4.65. The van der Waals surface area contributed by atoms with Crippen LogP contribution in [0.15, 0.2) is 0 Å². The van der Waals surface area contributed by atoms with Gasteiger partial charge in [0.15, 0.2) is 6.10 Å². The second-order valence-electron chi connectivity index (χ2n) is 3.05. The van der Waals surface area contributed by atoms with Crippen molar-refractivity contribution in [2.24, 2.45) is 5.92 Å². The van der Waals surface area contributed by atoms with E-state index in [0.717, 1.165) is 6.26 Å². The van der Waals surface area contributed by atoms with E-state index in [0.29, 0.717) is 6.42 Å². The first-order chi connectivity index (χ1) is 5.35. The van der Waals surface area contributed by atoms with Gasteiger partial charge in [-0.25, -0.2) is 0 Å². The predicted molar refractivity (Wildman–Crippen MR) is 44.8 cm³/mol. The molecule has 0 spiro atoms. The van der Waals surface area contributed by atoms with Gasteiger partial charge in [-0.05, 0) is 12.3 Å². The van der Waals surface area contributed by atoms with E-state index in [1.54, 1.807) is 6.07 Å². The first-order valence-corrected chi connectivity index (χ1v) is 5.44. The second kappa shape index (κ2) is 4.43. The standard InChI is InChI=1S/C7H13NO3S/c1-6(2)4-7(5-8)11-12(3,9)10/h6-7H,4H2,1-3H3. The lowest BCUT2D eigenvalue weighted by Crippen LogP contribution is -2.17. The third-order valence-corrected chi connectivity index (χ3v) is 1.70. The minimum atomic E-state index is -3.50. The monoisotopic (exact) mass is 191 g/mol. The van der Waals surface area contributed by atoms with Crippen LogP contribution in [0.4, 0.5) is 0 Å². The Morgan fingerprint density at radius 1 is 1.50 bits per heavy atom. The fourth-order valence-electron chi connectivity index (χ4n) is 0.753. The Hall–Kier alpha value is -0.600. The third kappa shape index (κ3) is 6.13. The number of hydrogen-bond donors (Lipinski definition) is 0. The molecule has 4 nitrogen and oxygen atoms in total. The molecule has 0 heterocycles. The first kappa shape index (κ1) is 11.4. The summed E-state index contributed by atoms with van der Waals surface area (Å²) in [5.74, 6) is 0.247. The van der Waals surface area contributed by atoms with Crippen LogP contribution in [0.3, 0.4) is 0 Å². The van der Waals surface area contributed by atoms with E-state index in [-0.39, 0.29) is 5.92 Å². The summed E-state index contributed by atoms with van der Waals surface area (Å²) in [6, 6.07) is 1.79. The maximum atomic E-state index is 10.6. The molecule has 0 aliphatic carbocycles. The average molecular weight is 191 g/mol. The lowest BCUT2D eigenvalue weighted by atomic mass is 10.1. The van der Waals surface area contributed by atoms with Gasteiger partial charge in [-0.15, -0.1) is 0 Å². The SMILES string of the molecule is CC(C)CC(C#N)OS(C)(=O)=O. The fourth-order valence-corrected chi connectivity index (χ4v) is 1.30. The van der Waals surface area contributed by atoms with Gasteiger partial charge < -0.3 is 0 Å². The van der Waals surface area contributed by atoms with Crippen LogP contribution in [0.25, 0.3) is 0 Å². The third-order valence-electron chi connectivity index (χ3n) is 1.12. The molecule has 0 fully saturated rings. The Labute approximate surface area is 73.3 Å². The number of nitriles is 1. The van der Waals surface area contributed by atoms with Crippen molar-refractivity contribution in [3.05, 3.63) is 0 Å². The van der Waals surface area contributed by atoms with Crippen molar-refractivity contribution in [2.45, 2.75) is 26.4 Å². The molecule has 0 amide bonds. The largest absolute Gasteiger partial charge is 0.265 e. The molecule has 0 aliphatic heterocycles. The van der Waals surface area contributed by atoms with Crippen molar-refractivity contribution in [1.29, 1.82) is 5.26 Å². The molecule has 0 saturated carbocycles. The van der Waals surface area contributed by atoms with E-state index in [2.05, 4.69) is 4.18 Å². The highest BCUT2D eigenvalue weighted by Gasteiger charge is 2.15. The van der Waals surface area contributed by atoms with Gasteiger partial charge in [-0.3, -0.25) is 4.18 Å². The van der Waals surface area contributed by atoms with Crippen molar-refractivity contribution in [1.82, 2.24) is 0 Å². The minimum absolute atomic E-state index is 0.247. The molecule has 0 aromatic heterocycles. The molecule has 70 valence electrons. The van der Waals surface area contributed by atoms with Gasteiger partial charge in [0.05, 0.1) is 12.3 Å². The van der Waals surface area contributed by atoms with Gasteiger partial charge in [0.2, 0.25) is 0 Å². The van der Waals surface area contributed by atoms with Crippen LogP contribution in [-0.4, -0.2) is 20.8 Å². The first-order valence-electron chi connectivity index (χ1n) is 3.63. The van der Waals surface area contributed by atoms with Crippen molar-refractivity contribution in [2.75, 3.05) is 6.26 Å². The Kier molecular flexibility index (Phi) is 4.21. The minimum Gasteiger partial charge on any atom is -0.252 e. The quantitative estimate of drug-likeness (QED) is 0.619. The summed E-state index contributed by atoms with van der Waals surface area (Å²) in [5, 5.41) is 8.50. The molecule has 5 heteroatoms. The smallest absolute Gasteiger partial charge is 0.252 e. The summed E-state index contributed by atoms with van der Waals surface area (Å²) >= 11 is 0. The summed E-state index contributed by atoms with van der Waals surface area (Å²) < 4.78 is 25.7. The molecule has 0 bridgehead atoms. The normalized spacial score (nSPS) is 14.2. The zero-order valence-corrected chi connectivity index (χ0v) is 8.26. The van der Waals surface area contributed by atoms with Gasteiger partial charge in [0.1, 0.15) is 0 Å². The van der Waals surface area contributed by atoms with Crippen molar-refractivity contribution in [3.8, 4) is 6.07 Å². The summed E-state index contributed by atoms with van der Waals surface area (Å²) in [7, 11) is -3.50. The summed E-state index contributed by atoms with van der Waals surface area (Å²) in [4.78, 5) is 0. The van der Waals surface area contributed by atoms with Crippen LogP contribution in [0.5, 0.6) is 0 Å². The Balaban J connectivity index is 4.13. The fraction of sp³-hybridized carbons (Fsp3) is 0.857. The van der Waals surface area contributed by atoms with E-state index in [1.165, 1.54) is 0 Å². The summed E-state index contributed by atoms with van der Waals surface area (Å²) in [5.41, 5.74) is 0. The highest BCUT2D eigenvalue weighted by Crippen LogP contribution is 2.09. The summed E-state index contributed by atoms with van der Waals surface area (Å²) in [6.45, 7) is 3.80. The number of nitrogens with zero attached hydrogens (tertiary/aromatic N) is 1. The van der Waals surface area contributed by atoms with E-state index in [9.17, 15) is 8.42 Å². The molecular weight excluding hydrogens is 178 g/mol. The molecule has 1 unspecified atom stereocenters. The van der Waals surface area contributed by atoms with Gasteiger partial charge in [0.25, 0.3) is 10.1 Å². The molecule has 1 atom stereocenters. The molecule has 0 aromatic carbocycles. The van der Waals surface area contributed by atoms with E-state index < -0.39 is 16.2 Å². The zero-order chi connectivity index (χ0) is 9.78. The van der Waals surface area contributed by atoms with Gasteiger partial charge >= 0.3 is 0 Å².